The van der Waals surface area contributed by atoms with Gasteiger partial charge in [-0.15, -0.1) is 0 Å². The monoisotopic (exact) mass is 293 g/mol. The van der Waals surface area contributed by atoms with Crippen molar-refractivity contribution in [2.24, 2.45) is 0 Å². The number of piperidine rings is 1. The van der Waals surface area contributed by atoms with Gasteiger partial charge in [0.2, 0.25) is 0 Å². The first kappa shape index (κ1) is 15.8. The van der Waals surface area contributed by atoms with Crippen LogP contribution >= 0.6 is 0 Å². The highest BCUT2D eigenvalue weighted by atomic mass is 15.3. The van der Waals surface area contributed by atoms with Crippen LogP contribution in [0.4, 0.5) is 0 Å². The number of hydrogen-bond donors (Lipinski definition) is 1. The van der Waals surface area contributed by atoms with Crippen LogP contribution in [0.2, 0.25) is 0 Å². The second-order valence-corrected chi connectivity index (χ2v) is 7.49. The highest BCUT2D eigenvalue weighted by molar-refractivity contribution is 4.92. The van der Waals surface area contributed by atoms with Crippen molar-refractivity contribution in [3.63, 3.8) is 0 Å². The van der Waals surface area contributed by atoms with Crippen molar-refractivity contribution in [2.75, 3.05) is 33.2 Å². The standard InChI is InChI=1S/C18H35N3/c1-19-17-9-5-2-3-6-10-18(17)21-14-11-16(15-21)20-12-7-4-8-13-20/h16-19H,2-15H2,1H3. The summed E-state index contributed by atoms with van der Waals surface area (Å²) in [5.41, 5.74) is 0. The summed E-state index contributed by atoms with van der Waals surface area (Å²) in [6, 6.07) is 2.38. The second kappa shape index (κ2) is 7.94. The van der Waals surface area contributed by atoms with Gasteiger partial charge in [-0.05, 0) is 52.2 Å². The number of rotatable bonds is 3. The van der Waals surface area contributed by atoms with Crippen LogP contribution in [0.25, 0.3) is 0 Å². The Morgan fingerprint density at radius 2 is 1.43 bits per heavy atom. The summed E-state index contributed by atoms with van der Waals surface area (Å²) in [4.78, 5) is 5.63. The minimum absolute atomic E-state index is 0.727. The molecule has 2 saturated heterocycles. The maximum absolute atomic E-state index is 3.64. The lowest BCUT2D eigenvalue weighted by Gasteiger charge is -2.37. The first-order valence-electron chi connectivity index (χ1n) is 9.54. The Bertz CT molecular complexity index is 301. The third kappa shape index (κ3) is 4.00. The van der Waals surface area contributed by atoms with E-state index in [0.717, 1.165) is 18.1 Å². The lowest BCUT2D eigenvalue weighted by Crippen LogP contribution is -2.50. The molecular formula is C18H35N3. The molecule has 3 heteroatoms. The van der Waals surface area contributed by atoms with Crippen molar-refractivity contribution < 1.29 is 0 Å². The maximum atomic E-state index is 3.64. The first-order valence-corrected chi connectivity index (χ1v) is 9.54. The predicted molar refractivity (Wildman–Crippen MR) is 89.7 cm³/mol. The van der Waals surface area contributed by atoms with Crippen LogP contribution in [0.15, 0.2) is 0 Å². The molecule has 3 unspecified atom stereocenters. The highest BCUT2D eigenvalue weighted by Gasteiger charge is 2.35. The van der Waals surface area contributed by atoms with Crippen LogP contribution in [0, 0.1) is 0 Å². The zero-order valence-electron chi connectivity index (χ0n) is 14.0. The summed E-state index contributed by atoms with van der Waals surface area (Å²) in [7, 11) is 2.18. The van der Waals surface area contributed by atoms with E-state index in [0.29, 0.717) is 0 Å². The molecule has 0 amide bonds. The van der Waals surface area contributed by atoms with Gasteiger partial charge in [0.25, 0.3) is 0 Å². The average Bonchev–Trinajstić information content (AvgIpc) is 2.98. The van der Waals surface area contributed by atoms with E-state index in [-0.39, 0.29) is 0 Å². The quantitative estimate of drug-likeness (QED) is 0.863. The third-order valence-corrected chi connectivity index (χ3v) is 6.17. The molecule has 1 N–H and O–H groups in total. The second-order valence-electron chi connectivity index (χ2n) is 7.49. The van der Waals surface area contributed by atoms with Gasteiger partial charge < -0.3 is 5.32 Å². The Kier molecular flexibility index (Phi) is 5.96. The number of nitrogens with zero attached hydrogens (tertiary/aromatic N) is 2. The van der Waals surface area contributed by atoms with E-state index in [1.165, 1.54) is 90.4 Å². The molecular weight excluding hydrogens is 258 g/mol. The van der Waals surface area contributed by atoms with Crippen molar-refractivity contribution in [3.05, 3.63) is 0 Å². The lowest BCUT2D eigenvalue weighted by molar-refractivity contribution is 0.130. The topological polar surface area (TPSA) is 18.5 Å². The van der Waals surface area contributed by atoms with Crippen LogP contribution in [-0.2, 0) is 0 Å². The molecule has 0 aromatic rings. The Morgan fingerprint density at radius 1 is 0.714 bits per heavy atom. The van der Waals surface area contributed by atoms with Gasteiger partial charge in [0.15, 0.2) is 0 Å². The van der Waals surface area contributed by atoms with Gasteiger partial charge in [-0.3, -0.25) is 9.80 Å². The van der Waals surface area contributed by atoms with Crippen molar-refractivity contribution >= 4 is 0 Å². The van der Waals surface area contributed by atoms with Crippen LogP contribution in [-0.4, -0.2) is 61.2 Å². The summed E-state index contributed by atoms with van der Waals surface area (Å²) in [6.07, 6.45) is 14.3. The molecule has 3 fully saturated rings. The normalized spacial score (nSPS) is 37.3. The zero-order chi connectivity index (χ0) is 14.5. The van der Waals surface area contributed by atoms with E-state index in [4.69, 9.17) is 0 Å². The van der Waals surface area contributed by atoms with Gasteiger partial charge in [0.05, 0.1) is 0 Å². The highest BCUT2D eigenvalue weighted by Crippen LogP contribution is 2.27. The number of nitrogens with one attached hydrogen (secondary N) is 1. The van der Waals surface area contributed by atoms with Gasteiger partial charge in [-0.1, -0.05) is 32.1 Å². The molecule has 3 aliphatic rings. The molecule has 3 rings (SSSR count). The van der Waals surface area contributed by atoms with E-state index in [2.05, 4.69) is 22.2 Å². The molecule has 1 aliphatic carbocycles. The molecule has 0 bridgehead atoms. The van der Waals surface area contributed by atoms with E-state index in [1.807, 2.05) is 0 Å². The van der Waals surface area contributed by atoms with Crippen LogP contribution in [0.3, 0.4) is 0 Å². The van der Waals surface area contributed by atoms with E-state index in [1.54, 1.807) is 0 Å². The molecule has 0 radical (unpaired) electrons. The fraction of sp³-hybridized carbons (Fsp3) is 1.00. The first-order chi connectivity index (χ1) is 10.4. The SMILES string of the molecule is CNC1CCCCCCC1N1CCC(N2CCCCC2)C1. The molecule has 3 nitrogen and oxygen atoms in total. The van der Waals surface area contributed by atoms with Gasteiger partial charge in [0.1, 0.15) is 0 Å². The van der Waals surface area contributed by atoms with Gasteiger partial charge >= 0.3 is 0 Å². The summed E-state index contributed by atoms with van der Waals surface area (Å²) in [6.45, 7) is 5.39. The van der Waals surface area contributed by atoms with Gasteiger partial charge in [-0.25, -0.2) is 0 Å². The molecule has 122 valence electrons. The Labute approximate surface area is 131 Å². The minimum atomic E-state index is 0.727. The smallest absolute Gasteiger partial charge is 0.0249 e. The largest absolute Gasteiger partial charge is 0.315 e. The molecule has 3 atom stereocenters. The Morgan fingerprint density at radius 3 is 2.19 bits per heavy atom. The molecule has 2 heterocycles. The lowest BCUT2D eigenvalue weighted by atomic mass is 9.91. The third-order valence-electron chi connectivity index (χ3n) is 6.17. The fourth-order valence-corrected chi connectivity index (χ4v) is 4.89. The molecule has 1 saturated carbocycles. The molecule has 0 aromatic carbocycles. The van der Waals surface area contributed by atoms with Crippen molar-refractivity contribution in [2.45, 2.75) is 82.3 Å². The molecule has 0 aromatic heterocycles. The molecule has 0 spiro atoms. The summed E-state index contributed by atoms with van der Waals surface area (Å²) >= 11 is 0. The van der Waals surface area contributed by atoms with E-state index in [9.17, 15) is 0 Å². The fourth-order valence-electron chi connectivity index (χ4n) is 4.89. The van der Waals surface area contributed by atoms with Gasteiger partial charge in [0, 0.05) is 31.2 Å². The zero-order valence-corrected chi connectivity index (χ0v) is 14.0. The van der Waals surface area contributed by atoms with Crippen LogP contribution in [0.1, 0.15) is 64.2 Å². The van der Waals surface area contributed by atoms with E-state index >= 15 is 0 Å². The number of likely N-dealkylation sites (tertiary alicyclic amines) is 2. The van der Waals surface area contributed by atoms with Crippen LogP contribution in [0.5, 0.6) is 0 Å². The Balaban J connectivity index is 1.57. The number of likely N-dealkylation sites (N-methyl/N-ethyl adjacent to an activating group) is 1. The van der Waals surface area contributed by atoms with Crippen molar-refractivity contribution in [3.8, 4) is 0 Å². The summed E-state index contributed by atoms with van der Waals surface area (Å²) < 4.78 is 0. The Hall–Kier alpha value is -0.120. The maximum Gasteiger partial charge on any atom is 0.0249 e. The molecule has 21 heavy (non-hydrogen) atoms. The minimum Gasteiger partial charge on any atom is -0.315 e. The van der Waals surface area contributed by atoms with Gasteiger partial charge in [-0.2, -0.15) is 0 Å². The summed E-state index contributed by atoms with van der Waals surface area (Å²) in [5.74, 6) is 0. The summed E-state index contributed by atoms with van der Waals surface area (Å²) in [5, 5.41) is 3.64. The predicted octanol–water partition coefficient (Wildman–Crippen LogP) is 2.86. The molecule has 2 aliphatic heterocycles. The van der Waals surface area contributed by atoms with Crippen molar-refractivity contribution in [1.82, 2.24) is 15.1 Å². The van der Waals surface area contributed by atoms with E-state index < -0.39 is 0 Å². The number of hydrogen-bond acceptors (Lipinski definition) is 3. The average molecular weight is 293 g/mol. The van der Waals surface area contributed by atoms with Crippen molar-refractivity contribution in [1.29, 1.82) is 0 Å². The van der Waals surface area contributed by atoms with Crippen LogP contribution < -0.4 is 5.32 Å².